The summed E-state index contributed by atoms with van der Waals surface area (Å²) in [5, 5.41) is 3.52. The van der Waals surface area contributed by atoms with Crippen LogP contribution in [0.25, 0.3) is 0 Å². The van der Waals surface area contributed by atoms with E-state index in [0.717, 1.165) is 18.4 Å². The van der Waals surface area contributed by atoms with Crippen molar-refractivity contribution in [2.45, 2.75) is 39.3 Å². The predicted molar refractivity (Wildman–Crippen MR) is 111 cm³/mol. The van der Waals surface area contributed by atoms with Crippen molar-refractivity contribution < 1.29 is 14.3 Å². The lowest BCUT2D eigenvalue weighted by Gasteiger charge is -2.28. The van der Waals surface area contributed by atoms with Crippen molar-refractivity contribution >= 4 is 23.4 Å². The summed E-state index contributed by atoms with van der Waals surface area (Å²) in [7, 11) is 0. The SMILES string of the molecule is CCCCNC(=O)[C@@H](C)N(Cc1ccc(Cl)cc1)C(=O)COc1ccccc1. The summed E-state index contributed by atoms with van der Waals surface area (Å²) in [5.74, 6) is 0.190. The predicted octanol–water partition coefficient (Wildman–Crippen LogP) is 4.05. The monoisotopic (exact) mass is 402 g/mol. The van der Waals surface area contributed by atoms with E-state index < -0.39 is 6.04 Å². The Morgan fingerprint density at radius 3 is 2.43 bits per heavy atom. The Kier molecular flexibility index (Phi) is 8.82. The van der Waals surface area contributed by atoms with Gasteiger partial charge in [-0.05, 0) is 43.2 Å². The molecule has 1 N–H and O–H groups in total. The number of amides is 2. The van der Waals surface area contributed by atoms with Gasteiger partial charge in [-0.3, -0.25) is 9.59 Å². The van der Waals surface area contributed by atoms with Crippen molar-refractivity contribution in [3.63, 3.8) is 0 Å². The van der Waals surface area contributed by atoms with Crippen LogP contribution in [-0.4, -0.2) is 35.9 Å². The van der Waals surface area contributed by atoms with Crippen LogP contribution in [0.4, 0.5) is 0 Å². The second-order valence-electron chi connectivity index (χ2n) is 6.57. The van der Waals surface area contributed by atoms with E-state index in [1.807, 2.05) is 30.3 Å². The van der Waals surface area contributed by atoms with Crippen LogP contribution in [0, 0.1) is 0 Å². The summed E-state index contributed by atoms with van der Waals surface area (Å²) in [6.07, 6.45) is 1.90. The molecule has 2 rings (SSSR count). The summed E-state index contributed by atoms with van der Waals surface area (Å²) in [4.78, 5) is 26.9. The second-order valence-corrected chi connectivity index (χ2v) is 7.01. The van der Waals surface area contributed by atoms with Gasteiger partial charge in [0.15, 0.2) is 6.61 Å². The minimum absolute atomic E-state index is 0.135. The summed E-state index contributed by atoms with van der Waals surface area (Å²) >= 11 is 5.95. The molecule has 0 aromatic heterocycles. The van der Waals surface area contributed by atoms with Crippen LogP contribution >= 0.6 is 11.6 Å². The van der Waals surface area contributed by atoms with Gasteiger partial charge in [-0.15, -0.1) is 0 Å². The molecule has 2 amide bonds. The number of unbranched alkanes of at least 4 members (excludes halogenated alkanes) is 1. The molecule has 2 aromatic rings. The third-order valence-corrected chi connectivity index (χ3v) is 4.62. The maximum absolute atomic E-state index is 12.9. The van der Waals surface area contributed by atoms with E-state index in [-0.39, 0.29) is 18.4 Å². The maximum atomic E-state index is 12.9. The number of benzene rings is 2. The molecule has 0 fully saturated rings. The number of halogens is 1. The van der Waals surface area contributed by atoms with E-state index in [2.05, 4.69) is 12.2 Å². The average Bonchev–Trinajstić information content (AvgIpc) is 2.72. The Morgan fingerprint density at radius 2 is 1.79 bits per heavy atom. The molecule has 0 aliphatic heterocycles. The molecule has 0 aliphatic carbocycles. The molecule has 0 heterocycles. The number of rotatable bonds is 10. The normalized spacial score (nSPS) is 11.5. The summed E-state index contributed by atoms with van der Waals surface area (Å²) in [6.45, 7) is 4.56. The Morgan fingerprint density at radius 1 is 1.11 bits per heavy atom. The largest absolute Gasteiger partial charge is 0.484 e. The highest BCUT2D eigenvalue weighted by molar-refractivity contribution is 6.30. The molecule has 2 aromatic carbocycles. The highest BCUT2D eigenvalue weighted by Crippen LogP contribution is 2.15. The molecule has 0 unspecified atom stereocenters. The first kappa shape index (κ1) is 21.8. The molecule has 0 radical (unpaired) electrons. The number of para-hydroxylation sites is 1. The zero-order valence-corrected chi connectivity index (χ0v) is 17.1. The van der Waals surface area contributed by atoms with Gasteiger partial charge in [0, 0.05) is 18.1 Å². The molecule has 0 saturated carbocycles. The van der Waals surface area contributed by atoms with E-state index in [1.165, 1.54) is 4.90 Å². The van der Waals surface area contributed by atoms with Crippen molar-refractivity contribution in [3.05, 3.63) is 65.2 Å². The van der Waals surface area contributed by atoms with Crippen LogP contribution in [0.5, 0.6) is 5.75 Å². The summed E-state index contributed by atoms with van der Waals surface area (Å²) in [6, 6.07) is 15.8. The minimum Gasteiger partial charge on any atom is -0.484 e. The molecular formula is C22H27ClN2O3. The summed E-state index contributed by atoms with van der Waals surface area (Å²) < 4.78 is 5.59. The summed E-state index contributed by atoms with van der Waals surface area (Å²) in [5.41, 5.74) is 0.894. The van der Waals surface area contributed by atoms with Gasteiger partial charge < -0.3 is 15.0 Å². The first-order chi connectivity index (χ1) is 13.5. The van der Waals surface area contributed by atoms with Gasteiger partial charge in [0.05, 0.1) is 0 Å². The Hall–Kier alpha value is -2.53. The average molecular weight is 403 g/mol. The van der Waals surface area contributed by atoms with Crippen LogP contribution in [0.2, 0.25) is 5.02 Å². The van der Waals surface area contributed by atoms with Crippen LogP contribution in [0.3, 0.4) is 0 Å². The van der Waals surface area contributed by atoms with E-state index in [1.54, 1.807) is 31.2 Å². The molecule has 0 aliphatic rings. The number of hydrogen-bond acceptors (Lipinski definition) is 3. The highest BCUT2D eigenvalue weighted by Gasteiger charge is 2.26. The smallest absolute Gasteiger partial charge is 0.261 e. The zero-order chi connectivity index (χ0) is 20.4. The van der Waals surface area contributed by atoms with Crippen LogP contribution in [0.15, 0.2) is 54.6 Å². The lowest BCUT2D eigenvalue weighted by Crippen LogP contribution is -2.49. The fraction of sp³-hybridized carbons (Fsp3) is 0.364. The van der Waals surface area contributed by atoms with Crippen LogP contribution < -0.4 is 10.1 Å². The fourth-order valence-electron chi connectivity index (χ4n) is 2.65. The standard InChI is InChI=1S/C22H27ClN2O3/c1-3-4-14-24-22(27)17(2)25(15-18-10-12-19(23)13-11-18)21(26)16-28-20-8-6-5-7-9-20/h5-13,17H,3-4,14-16H2,1-2H3,(H,24,27)/t17-/m1/s1. The lowest BCUT2D eigenvalue weighted by molar-refractivity contribution is -0.142. The van der Waals surface area contributed by atoms with Crippen molar-refractivity contribution in [3.8, 4) is 5.75 Å². The van der Waals surface area contributed by atoms with Gasteiger partial charge >= 0.3 is 0 Å². The molecule has 150 valence electrons. The number of hydrogen-bond donors (Lipinski definition) is 1. The minimum atomic E-state index is -0.612. The van der Waals surface area contributed by atoms with Gasteiger partial charge in [0.1, 0.15) is 11.8 Å². The highest BCUT2D eigenvalue weighted by atomic mass is 35.5. The molecule has 5 nitrogen and oxygen atoms in total. The van der Waals surface area contributed by atoms with Gasteiger partial charge in [-0.25, -0.2) is 0 Å². The number of ether oxygens (including phenoxy) is 1. The van der Waals surface area contributed by atoms with Crippen LogP contribution in [-0.2, 0) is 16.1 Å². The maximum Gasteiger partial charge on any atom is 0.261 e. The number of carbonyl (C=O) groups excluding carboxylic acids is 2. The number of carbonyl (C=O) groups is 2. The third-order valence-electron chi connectivity index (χ3n) is 4.37. The molecule has 0 spiro atoms. The Labute approximate surface area is 171 Å². The first-order valence-electron chi connectivity index (χ1n) is 9.50. The van der Waals surface area contributed by atoms with Gasteiger partial charge in [0.25, 0.3) is 5.91 Å². The molecule has 1 atom stereocenters. The molecule has 6 heteroatoms. The van der Waals surface area contributed by atoms with Gasteiger partial charge in [-0.2, -0.15) is 0 Å². The van der Waals surface area contributed by atoms with Crippen molar-refractivity contribution in [2.24, 2.45) is 0 Å². The third kappa shape index (κ3) is 6.89. The van der Waals surface area contributed by atoms with Crippen LogP contribution in [0.1, 0.15) is 32.3 Å². The van der Waals surface area contributed by atoms with E-state index in [9.17, 15) is 9.59 Å². The van der Waals surface area contributed by atoms with Crippen molar-refractivity contribution in [2.75, 3.05) is 13.2 Å². The van der Waals surface area contributed by atoms with E-state index in [4.69, 9.17) is 16.3 Å². The second kappa shape index (κ2) is 11.3. The van der Waals surface area contributed by atoms with E-state index in [0.29, 0.717) is 23.9 Å². The number of nitrogens with zero attached hydrogens (tertiary/aromatic N) is 1. The van der Waals surface area contributed by atoms with Crippen molar-refractivity contribution in [1.29, 1.82) is 0 Å². The molecule has 0 saturated heterocycles. The number of nitrogens with one attached hydrogen (secondary N) is 1. The van der Waals surface area contributed by atoms with Crippen molar-refractivity contribution in [1.82, 2.24) is 10.2 Å². The molecular weight excluding hydrogens is 376 g/mol. The lowest BCUT2D eigenvalue weighted by atomic mass is 10.1. The fourth-order valence-corrected chi connectivity index (χ4v) is 2.78. The van der Waals surface area contributed by atoms with Gasteiger partial charge in [-0.1, -0.05) is 55.3 Å². The Bertz CT molecular complexity index is 750. The first-order valence-corrected chi connectivity index (χ1v) is 9.88. The zero-order valence-electron chi connectivity index (χ0n) is 16.4. The Balaban J connectivity index is 2.08. The molecule has 0 bridgehead atoms. The quantitative estimate of drug-likeness (QED) is 0.610. The van der Waals surface area contributed by atoms with E-state index >= 15 is 0 Å². The molecule has 28 heavy (non-hydrogen) atoms. The topological polar surface area (TPSA) is 58.6 Å². The van der Waals surface area contributed by atoms with Gasteiger partial charge in [0.2, 0.25) is 5.91 Å².